The van der Waals surface area contributed by atoms with Gasteiger partial charge in [-0.3, -0.25) is 10.2 Å². The highest BCUT2D eigenvalue weighted by atomic mass is 16.5. The van der Waals surface area contributed by atoms with Gasteiger partial charge in [0.05, 0.1) is 6.10 Å². The Hall–Kier alpha value is -2.16. The van der Waals surface area contributed by atoms with Crippen molar-refractivity contribution in [3.8, 4) is 6.01 Å². The van der Waals surface area contributed by atoms with Crippen molar-refractivity contribution in [3.63, 3.8) is 0 Å². The molecule has 0 aliphatic rings. The zero-order valence-corrected chi connectivity index (χ0v) is 12.0. The molecule has 1 amide bonds. The summed E-state index contributed by atoms with van der Waals surface area (Å²) in [6, 6.07) is -0.493. The van der Waals surface area contributed by atoms with Crippen LogP contribution in [-0.2, 0) is 4.79 Å². The molecule has 0 radical (unpaired) electrons. The Bertz CT molecular complexity index is 464. The van der Waals surface area contributed by atoms with E-state index in [4.69, 9.17) is 16.3 Å². The fourth-order valence-corrected chi connectivity index (χ4v) is 1.45. The summed E-state index contributed by atoms with van der Waals surface area (Å²) in [6.07, 6.45) is -0.104. The number of nitrogen functional groups attached to an aromatic ring is 1. The lowest BCUT2D eigenvalue weighted by Gasteiger charge is -2.19. The minimum atomic E-state index is -0.602. The zero-order chi connectivity index (χ0) is 15.3. The molecule has 0 saturated heterocycles. The van der Waals surface area contributed by atoms with Gasteiger partial charge >= 0.3 is 6.01 Å². The highest BCUT2D eigenvalue weighted by molar-refractivity contribution is 5.82. The summed E-state index contributed by atoms with van der Waals surface area (Å²) in [6.45, 7) is 7.40. The van der Waals surface area contributed by atoms with E-state index in [1.54, 1.807) is 0 Å². The van der Waals surface area contributed by atoms with Gasteiger partial charge in [0.1, 0.15) is 6.04 Å². The first-order valence-electron chi connectivity index (χ1n) is 6.28. The molecule has 9 nitrogen and oxygen atoms in total. The van der Waals surface area contributed by atoms with E-state index in [2.05, 4.69) is 25.7 Å². The van der Waals surface area contributed by atoms with E-state index in [9.17, 15) is 4.79 Å². The molecule has 6 N–H and O–H groups in total. The number of hydrogen-bond acceptors (Lipinski definition) is 8. The zero-order valence-electron chi connectivity index (χ0n) is 12.0. The number of nitrogens with one attached hydrogen (secondary N) is 2. The summed E-state index contributed by atoms with van der Waals surface area (Å²) in [7, 11) is 0. The van der Waals surface area contributed by atoms with Gasteiger partial charge in [0.2, 0.25) is 17.8 Å². The number of primary amides is 1. The smallest absolute Gasteiger partial charge is 0.323 e. The molecule has 1 unspecified atom stereocenters. The molecule has 9 heteroatoms. The number of rotatable bonds is 7. The molecule has 20 heavy (non-hydrogen) atoms. The Kier molecular flexibility index (Phi) is 5.44. The third-order valence-electron chi connectivity index (χ3n) is 2.34. The molecule has 1 atom stereocenters. The summed E-state index contributed by atoms with van der Waals surface area (Å²) in [5.41, 5.74) is 7.64. The molecule has 0 bridgehead atoms. The Balaban J connectivity index is 3.01. The second-order valence-corrected chi connectivity index (χ2v) is 4.84. The van der Waals surface area contributed by atoms with Crippen molar-refractivity contribution in [1.29, 1.82) is 0 Å². The number of hydrogen-bond donors (Lipinski definition) is 4. The van der Waals surface area contributed by atoms with Crippen molar-refractivity contribution in [2.75, 3.05) is 10.7 Å². The van der Waals surface area contributed by atoms with Gasteiger partial charge in [-0.1, -0.05) is 13.8 Å². The van der Waals surface area contributed by atoms with Crippen LogP contribution in [0.2, 0.25) is 0 Å². The molecule has 1 aromatic heterocycles. The Morgan fingerprint density at radius 1 is 1.15 bits per heavy atom. The largest absolute Gasteiger partial charge is 0.461 e. The molecule has 0 spiro atoms. The van der Waals surface area contributed by atoms with Crippen molar-refractivity contribution >= 4 is 17.8 Å². The molecular formula is C11H21N7O2. The van der Waals surface area contributed by atoms with Gasteiger partial charge in [-0.25, -0.2) is 5.84 Å². The van der Waals surface area contributed by atoms with Gasteiger partial charge in [0.15, 0.2) is 0 Å². The molecule has 0 aromatic carbocycles. The standard InChI is InChI=1S/C11H21N7O2/c1-5(2)7(8(12)19)14-9-15-10(18-13)17-11(16-9)20-6(3)4/h5-7H,13H2,1-4H3,(H2,12,19)(H2,14,15,16,17,18). The number of amides is 1. The molecule has 1 aromatic rings. The number of aromatic nitrogens is 3. The van der Waals surface area contributed by atoms with E-state index in [1.807, 2.05) is 27.7 Å². The maximum Gasteiger partial charge on any atom is 0.323 e. The minimum absolute atomic E-state index is 0.0204. The van der Waals surface area contributed by atoms with E-state index < -0.39 is 11.9 Å². The number of ether oxygens (including phenoxy) is 1. The first kappa shape index (κ1) is 15.9. The number of anilines is 2. The Labute approximate surface area is 117 Å². The van der Waals surface area contributed by atoms with Crippen LogP contribution in [0.15, 0.2) is 0 Å². The van der Waals surface area contributed by atoms with Gasteiger partial charge in [0, 0.05) is 0 Å². The summed E-state index contributed by atoms with van der Waals surface area (Å²) in [4.78, 5) is 23.4. The van der Waals surface area contributed by atoms with Crippen molar-refractivity contribution in [3.05, 3.63) is 0 Å². The molecule has 1 heterocycles. The molecular weight excluding hydrogens is 262 g/mol. The lowest BCUT2D eigenvalue weighted by molar-refractivity contribution is -0.119. The van der Waals surface area contributed by atoms with E-state index in [-0.39, 0.29) is 29.9 Å². The SMILES string of the molecule is CC(C)Oc1nc(NN)nc(NC(C(N)=O)C(C)C)n1. The number of nitrogens with two attached hydrogens (primary N) is 2. The first-order valence-corrected chi connectivity index (χ1v) is 6.28. The monoisotopic (exact) mass is 283 g/mol. The van der Waals surface area contributed by atoms with Crippen LogP contribution >= 0.6 is 0 Å². The van der Waals surface area contributed by atoms with Crippen LogP contribution in [0.4, 0.5) is 11.9 Å². The van der Waals surface area contributed by atoms with Gasteiger partial charge in [-0.2, -0.15) is 15.0 Å². The number of nitrogens with zero attached hydrogens (tertiary/aromatic N) is 3. The fraction of sp³-hybridized carbons (Fsp3) is 0.636. The van der Waals surface area contributed by atoms with Crippen LogP contribution in [0.3, 0.4) is 0 Å². The predicted molar refractivity (Wildman–Crippen MR) is 74.8 cm³/mol. The van der Waals surface area contributed by atoms with E-state index in [1.165, 1.54) is 0 Å². The fourth-order valence-electron chi connectivity index (χ4n) is 1.45. The van der Waals surface area contributed by atoms with E-state index in [0.29, 0.717) is 0 Å². The lowest BCUT2D eigenvalue weighted by Crippen LogP contribution is -2.40. The third kappa shape index (κ3) is 4.50. The number of carbonyl (C=O) groups excluding carboxylic acids is 1. The van der Waals surface area contributed by atoms with Crippen molar-refractivity contribution in [1.82, 2.24) is 15.0 Å². The van der Waals surface area contributed by atoms with Crippen LogP contribution in [0, 0.1) is 5.92 Å². The quantitative estimate of drug-likeness (QED) is 0.400. The van der Waals surface area contributed by atoms with Gasteiger partial charge in [-0.15, -0.1) is 0 Å². The number of carbonyl (C=O) groups is 1. The van der Waals surface area contributed by atoms with Crippen molar-refractivity contribution in [2.24, 2.45) is 17.5 Å². The number of hydrazine groups is 1. The Morgan fingerprint density at radius 3 is 2.20 bits per heavy atom. The van der Waals surface area contributed by atoms with E-state index in [0.717, 1.165) is 0 Å². The first-order chi connectivity index (χ1) is 9.33. The van der Waals surface area contributed by atoms with Crippen LogP contribution in [0.5, 0.6) is 6.01 Å². The molecule has 112 valence electrons. The van der Waals surface area contributed by atoms with Crippen molar-refractivity contribution in [2.45, 2.75) is 39.8 Å². The average molecular weight is 283 g/mol. The summed E-state index contributed by atoms with van der Waals surface area (Å²) < 4.78 is 5.39. The second kappa shape index (κ2) is 6.85. The van der Waals surface area contributed by atoms with Crippen LogP contribution in [-0.4, -0.2) is 33.0 Å². The summed E-state index contributed by atoms with van der Waals surface area (Å²) in [5, 5.41) is 2.85. The van der Waals surface area contributed by atoms with Gasteiger partial charge < -0.3 is 15.8 Å². The van der Waals surface area contributed by atoms with Gasteiger partial charge in [0.25, 0.3) is 0 Å². The topological polar surface area (TPSA) is 141 Å². The third-order valence-corrected chi connectivity index (χ3v) is 2.34. The second-order valence-electron chi connectivity index (χ2n) is 4.84. The van der Waals surface area contributed by atoms with Crippen LogP contribution in [0.1, 0.15) is 27.7 Å². The predicted octanol–water partition coefficient (Wildman–Crippen LogP) is -0.134. The molecule has 0 aliphatic carbocycles. The van der Waals surface area contributed by atoms with Crippen LogP contribution < -0.4 is 27.1 Å². The molecule has 0 saturated carbocycles. The minimum Gasteiger partial charge on any atom is -0.461 e. The molecule has 1 rings (SSSR count). The normalized spacial score (nSPS) is 12.3. The van der Waals surface area contributed by atoms with Crippen molar-refractivity contribution < 1.29 is 9.53 Å². The average Bonchev–Trinajstić information content (AvgIpc) is 2.34. The Morgan fingerprint density at radius 2 is 1.75 bits per heavy atom. The highest BCUT2D eigenvalue weighted by Gasteiger charge is 2.21. The maximum absolute atomic E-state index is 11.4. The van der Waals surface area contributed by atoms with Crippen LogP contribution in [0.25, 0.3) is 0 Å². The summed E-state index contributed by atoms with van der Waals surface area (Å²) >= 11 is 0. The molecule has 0 fully saturated rings. The highest BCUT2D eigenvalue weighted by Crippen LogP contribution is 2.14. The van der Waals surface area contributed by atoms with Gasteiger partial charge in [-0.05, 0) is 19.8 Å². The maximum atomic E-state index is 11.4. The molecule has 0 aliphatic heterocycles. The summed E-state index contributed by atoms with van der Waals surface area (Å²) in [5.74, 6) is 5.08. The lowest BCUT2D eigenvalue weighted by atomic mass is 10.0. The van der Waals surface area contributed by atoms with E-state index >= 15 is 0 Å².